The minimum absolute atomic E-state index is 0.696. The highest BCUT2D eigenvalue weighted by Crippen LogP contribution is 1.96. The lowest BCUT2D eigenvalue weighted by atomic mass is 10.2. The molecule has 2 radical (unpaired) electrons. The average Bonchev–Trinajstić information content (AvgIpc) is 2.10. The quantitative estimate of drug-likeness (QED) is 0.424. The van der Waals surface area contributed by atoms with Gasteiger partial charge in [-0.15, -0.1) is 5.92 Å². The van der Waals surface area contributed by atoms with Crippen LogP contribution in [0.15, 0.2) is 0 Å². The van der Waals surface area contributed by atoms with Gasteiger partial charge in [0.1, 0.15) is 0 Å². The van der Waals surface area contributed by atoms with Gasteiger partial charge in [-0.25, -0.2) is 5.32 Å². The molecular weight excluding hydrogens is 146 g/mol. The van der Waals surface area contributed by atoms with Crippen molar-refractivity contribution in [1.29, 1.82) is 0 Å². The number of hydrogen-bond donors (Lipinski definition) is 0. The normalized spacial score (nSPS) is 9.17. The van der Waals surface area contributed by atoms with Crippen LogP contribution in [0.1, 0.15) is 39.0 Å². The summed E-state index contributed by atoms with van der Waals surface area (Å²) in [6.45, 7) is 7.52. The molecule has 12 heavy (non-hydrogen) atoms. The van der Waals surface area contributed by atoms with Crippen molar-refractivity contribution in [3.63, 3.8) is 0 Å². The average molecular weight is 165 g/mol. The molecule has 68 valence electrons. The zero-order valence-electron chi connectivity index (χ0n) is 8.10. The van der Waals surface area contributed by atoms with Crippen LogP contribution in [0.25, 0.3) is 0 Å². The second-order valence-corrected chi connectivity index (χ2v) is 2.77. The third-order valence-corrected chi connectivity index (χ3v) is 1.61. The monoisotopic (exact) mass is 165 g/mol. The van der Waals surface area contributed by atoms with E-state index in [9.17, 15) is 0 Å². The Kier molecular flexibility index (Phi) is 10.1. The molecule has 0 aromatic rings. The van der Waals surface area contributed by atoms with Gasteiger partial charge in [-0.2, -0.15) is 0 Å². The number of unbranched alkanes of at least 4 members (excludes halogenated alkanes) is 3. The van der Waals surface area contributed by atoms with E-state index in [-0.39, 0.29) is 0 Å². The highest BCUT2D eigenvalue weighted by atomic mass is 14.8. The van der Waals surface area contributed by atoms with E-state index in [1.807, 2.05) is 0 Å². The molecule has 1 heteroatoms. The van der Waals surface area contributed by atoms with E-state index < -0.39 is 0 Å². The molecule has 0 amide bonds. The Morgan fingerprint density at radius 3 is 2.67 bits per heavy atom. The molecule has 0 aromatic heterocycles. The smallest absolute Gasteiger partial charge is 0.0745 e. The number of rotatable bonds is 6. The second kappa shape index (κ2) is 10.5. The van der Waals surface area contributed by atoms with Crippen LogP contribution >= 0.6 is 0 Å². The maximum atomic E-state index is 4.28. The molecule has 0 unspecified atom stereocenters. The fourth-order valence-electron chi connectivity index (χ4n) is 0.930. The fourth-order valence-corrected chi connectivity index (χ4v) is 0.930. The summed E-state index contributed by atoms with van der Waals surface area (Å²) < 4.78 is 0. The molecule has 0 aliphatic carbocycles. The van der Waals surface area contributed by atoms with Crippen LogP contribution in [0.2, 0.25) is 0 Å². The molecular formula is C11H19N. The van der Waals surface area contributed by atoms with Crippen LogP contribution in [0, 0.1) is 18.8 Å². The molecule has 0 spiro atoms. The van der Waals surface area contributed by atoms with Crippen molar-refractivity contribution in [2.45, 2.75) is 39.0 Å². The largest absolute Gasteiger partial charge is 0.229 e. The van der Waals surface area contributed by atoms with Gasteiger partial charge in [-0.1, -0.05) is 32.1 Å². The predicted molar refractivity (Wildman–Crippen MR) is 53.8 cm³/mol. The highest BCUT2D eigenvalue weighted by Gasteiger charge is 1.86. The van der Waals surface area contributed by atoms with E-state index in [4.69, 9.17) is 0 Å². The Labute approximate surface area is 76.9 Å². The minimum atomic E-state index is 0.696. The van der Waals surface area contributed by atoms with Gasteiger partial charge in [0.05, 0.1) is 6.54 Å². The lowest BCUT2D eigenvalue weighted by Gasteiger charge is -1.96. The Balaban J connectivity index is 2.91. The summed E-state index contributed by atoms with van der Waals surface area (Å²) in [5, 5.41) is 4.28. The van der Waals surface area contributed by atoms with Gasteiger partial charge in [-0.3, -0.25) is 0 Å². The molecule has 0 saturated heterocycles. The first-order valence-corrected chi connectivity index (χ1v) is 4.80. The Hall–Kier alpha value is -0.480. The van der Waals surface area contributed by atoms with Gasteiger partial charge in [-0.05, 0) is 13.3 Å². The lowest BCUT2D eigenvalue weighted by Crippen LogP contribution is -2.06. The molecule has 0 saturated carbocycles. The lowest BCUT2D eigenvalue weighted by molar-refractivity contribution is 0.617. The zero-order valence-corrected chi connectivity index (χ0v) is 8.10. The van der Waals surface area contributed by atoms with Gasteiger partial charge < -0.3 is 0 Å². The first kappa shape index (κ1) is 11.5. The predicted octanol–water partition coefficient (Wildman–Crippen LogP) is 2.40. The standard InChI is InChI=1S/C11H19N/c1-3-5-7-9-11-12-10-8-6-4-2/h2-5,7,9-11H2,1H3. The summed E-state index contributed by atoms with van der Waals surface area (Å²) in [5.41, 5.74) is 0. The topological polar surface area (TPSA) is 14.1 Å². The van der Waals surface area contributed by atoms with Gasteiger partial charge >= 0.3 is 0 Å². The highest BCUT2D eigenvalue weighted by molar-refractivity contribution is 5.00. The van der Waals surface area contributed by atoms with E-state index >= 15 is 0 Å². The van der Waals surface area contributed by atoms with E-state index in [0.717, 1.165) is 6.54 Å². The van der Waals surface area contributed by atoms with Crippen LogP contribution in [0.5, 0.6) is 0 Å². The number of hydrogen-bond acceptors (Lipinski definition) is 0. The van der Waals surface area contributed by atoms with Gasteiger partial charge in [0.15, 0.2) is 0 Å². The molecule has 0 aliphatic heterocycles. The Morgan fingerprint density at radius 1 is 1.17 bits per heavy atom. The van der Waals surface area contributed by atoms with E-state index in [1.165, 1.54) is 25.7 Å². The van der Waals surface area contributed by atoms with Gasteiger partial charge in [0.25, 0.3) is 0 Å². The van der Waals surface area contributed by atoms with Crippen molar-refractivity contribution in [1.82, 2.24) is 5.32 Å². The first-order chi connectivity index (χ1) is 5.91. The summed E-state index contributed by atoms with van der Waals surface area (Å²) in [6.07, 6.45) is 5.86. The molecule has 0 aliphatic rings. The maximum absolute atomic E-state index is 4.28. The van der Waals surface area contributed by atoms with E-state index in [1.54, 1.807) is 0 Å². The van der Waals surface area contributed by atoms with Crippen LogP contribution in [-0.2, 0) is 0 Å². The molecule has 0 bridgehead atoms. The molecule has 0 N–H and O–H groups in total. The van der Waals surface area contributed by atoms with Crippen molar-refractivity contribution in [2.75, 3.05) is 13.1 Å². The summed E-state index contributed by atoms with van der Waals surface area (Å²) in [7, 11) is 0. The molecule has 0 rings (SSSR count). The zero-order chi connectivity index (χ0) is 9.07. The molecule has 0 aromatic carbocycles. The van der Waals surface area contributed by atoms with Gasteiger partial charge in [0, 0.05) is 13.0 Å². The summed E-state index contributed by atoms with van der Waals surface area (Å²) in [4.78, 5) is 0. The van der Waals surface area contributed by atoms with Crippen LogP contribution < -0.4 is 5.32 Å². The fraction of sp³-hybridized carbons (Fsp3) is 0.727. The molecule has 1 nitrogen and oxygen atoms in total. The third kappa shape index (κ3) is 9.52. The van der Waals surface area contributed by atoms with Gasteiger partial charge in [0.2, 0.25) is 0 Å². The maximum Gasteiger partial charge on any atom is 0.0745 e. The number of nitrogens with zero attached hydrogens (tertiary/aromatic N) is 1. The van der Waals surface area contributed by atoms with E-state index in [0.29, 0.717) is 13.0 Å². The van der Waals surface area contributed by atoms with Crippen molar-refractivity contribution < 1.29 is 0 Å². The van der Waals surface area contributed by atoms with Crippen LogP contribution in [0.4, 0.5) is 0 Å². The van der Waals surface area contributed by atoms with Crippen molar-refractivity contribution in [2.24, 2.45) is 0 Å². The SMILES string of the molecule is [CH2]CC#CC[N]CCCCCC. The summed E-state index contributed by atoms with van der Waals surface area (Å²) >= 11 is 0. The van der Waals surface area contributed by atoms with Crippen LogP contribution in [-0.4, -0.2) is 13.1 Å². The van der Waals surface area contributed by atoms with Crippen molar-refractivity contribution in [3.8, 4) is 11.8 Å². The third-order valence-electron chi connectivity index (χ3n) is 1.61. The summed E-state index contributed by atoms with van der Waals surface area (Å²) in [5.74, 6) is 5.84. The Bertz CT molecular complexity index is 130. The van der Waals surface area contributed by atoms with E-state index in [2.05, 4.69) is 31.0 Å². The van der Waals surface area contributed by atoms with Crippen molar-refractivity contribution in [3.05, 3.63) is 6.92 Å². The first-order valence-electron chi connectivity index (χ1n) is 4.80. The molecule has 0 heterocycles. The summed E-state index contributed by atoms with van der Waals surface area (Å²) in [6, 6.07) is 0. The second-order valence-electron chi connectivity index (χ2n) is 2.77. The molecule has 0 fully saturated rings. The van der Waals surface area contributed by atoms with Crippen LogP contribution in [0.3, 0.4) is 0 Å². The Morgan fingerprint density at radius 2 is 2.00 bits per heavy atom. The minimum Gasteiger partial charge on any atom is -0.229 e. The van der Waals surface area contributed by atoms with Crippen molar-refractivity contribution >= 4 is 0 Å². The molecule has 0 atom stereocenters.